The second-order valence-corrected chi connectivity index (χ2v) is 5.51. The maximum absolute atomic E-state index is 13.1. The van der Waals surface area contributed by atoms with E-state index in [4.69, 9.17) is 4.74 Å². The van der Waals surface area contributed by atoms with Gasteiger partial charge in [0.05, 0.1) is 11.4 Å². The molecule has 1 amide bonds. The Morgan fingerprint density at radius 3 is 2.70 bits per heavy atom. The van der Waals surface area contributed by atoms with Crippen LogP contribution in [0.25, 0.3) is 0 Å². The summed E-state index contributed by atoms with van der Waals surface area (Å²) in [5, 5.41) is 2.87. The van der Waals surface area contributed by atoms with Crippen molar-refractivity contribution in [2.75, 3.05) is 29.9 Å². The van der Waals surface area contributed by atoms with Crippen LogP contribution in [0, 0.1) is 5.82 Å². The number of amides is 1. The number of para-hydroxylation sites is 2. The molecule has 1 N–H and O–H groups in total. The number of rotatable bonds is 5. The van der Waals surface area contributed by atoms with E-state index in [9.17, 15) is 9.18 Å². The number of anilines is 2. The van der Waals surface area contributed by atoms with Gasteiger partial charge in [0.25, 0.3) is 5.91 Å². The van der Waals surface area contributed by atoms with Crippen molar-refractivity contribution < 1.29 is 13.9 Å². The number of carbonyl (C=O) groups excluding carboxylic acids is 1. The zero-order chi connectivity index (χ0) is 16.1. The van der Waals surface area contributed by atoms with Gasteiger partial charge in [-0.15, -0.1) is 0 Å². The van der Waals surface area contributed by atoms with Gasteiger partial charge in [-0.25, -0.2) is 4.39 Å². The molecule has 0 spiro atoms. The Hall–Kier alpha value is -2.56. The molecule has 2 aromatic carbocycles. The molecule has 120 valence electrons. The van der Waals surface area contributed by atoms with E-state index in [1.807, 2.05) is 24.3 Å². The molecule has 0 atom stereocenters. The first-order chi connectivity index (χ1) is 11.2. The maximum atomic E-state index is 13.1. The summed E-state index contributed by atoms with van der Waals surface area (Å²) in [5.41, 5.74) is 1.81. The molecule has 1 aliphatic heterocycles. The third-order valence-electron chi connectivity index (χ3n) is 3.79. The van der Waals surface area contributed by atoms with E-state index >= 15 is 0 Å². The summed E-state index contributed by atoms with van der Waals surface area (Å²) in [6.45, 7) is 1.86. The molecule has 1 saturated heterocycles. The van der Waals surface area contributed by atoms with Crippen LogP contribution in [0.5, 0.6) is 5.75 Å². The molecule has 1 aliphatic rings. The molecule has 3 rings (SSSR count). The van der Waals surface area contributed by atoms with Crippen molar-refractivity contribution >= 4 is 17.3 Å². The molecule has 0 radical (unpaired) electrons. The normalized spacial score (nSPS) is 13.9. The molecule has 0 bridgehead atoms. The van der Waals surface area contributed by atoms with Gasteiger partial charge in [0.2, 0.25) is 0 Å². The van der Waals surface area contributed by atoms with Crippen LogP contribution in [0.4, 0.5) is 15.8 Å². The summed E-state index contributed by atoms with van der Waals surface area (Å²) in [5.74, 6) is -0.309. The molecule has 4 nitrogen and oxygen atoms in total. The van der Waals surface area contributed by atoms with Crippen LogP contribution in [0.2, 0.25) is 0 Å². The molecule has 2 aromatic rings. The number of nitrogens with one attached hydrogen (secondary N) is 1. The number of benzene rings is 2. The van der Waals surface area contributed by atoms with E-state index in [-0.39, 0.29) is 18.3 Å². The lowest BCUT2D eigenvalue weighted by Gasteiger charge is -2.21. The summed E-state index contributed by atoms with van der Waals surface area (Å²) >= 11 is 0. The molecule has 0 aliphatic carbocycles. The molecular weight excluding hydrogens is 295 g/mol. The van der Waals surface area contributed by atoms with Crippen LogP contribution in [0.15, 0.2) is 48.5 Å². The van der Waals surface area contributed by atoms with Crippen LogP contribution in [0.1, 0.15) is 12.8 Å². The fourth-order valence-corrected chi connectivity index (χ4v) is 2.71. The van der Waals surface area contributed by atoms with E-state index in [2.05, 4.69) is 10.2 Å². The summed E-state index contributed by atoms with van der Waals surface area (Å²) in [6, 6.07) is 13.5. The van der Waals surface area contributed by atoms with E-state index in [1.165, 1.54) is 25.0 Å². The van der Waals surface area contributed by atoms with E-state index in [0.29, 0.717) is 5.75 Å². The third kappa shape index (κ3) is 4.00. The summed E-state index contributed by atoms with van der Waals surface area (Å²) in [6.07, 6.45) is 2.34. The van der Waals surface area contributed by atoms with Crippen LogP contribution in [-0.2, 0) is 4.79 Å². The Morgan fingerprint density at radius 2 is 1.91 bits per heavy atom. The van der Waals surface area contributed by atoms with Gasteiger partial charge in [-0.05, 0) is 37.1 Å². The smallest absolute Gasteiger partial charge is 0.262 e. The largest absolute Gasteiger partial charge is 0.484 e. The van der Waals surface area contributed by atoms with Crippen molar-refractivity contribution in [1.82, 2.24) is 0 Å². The minimum absolute atomic E-state index is 0.155. The molecule has 0 unspecified atom stereocenters. The van der Waals surface area contributed by atoms with Gasteiger partial charge in [0.15, 0.2) is 6.61 Å². The summed E-state index contributed by atoms with van der Waals surface area (Å²) in [7, 11) is 0. The van der Waals surface area contributed by atoms with Gasteiger partial charge >= 0.3 is 0 Å². The number of hydrogen-bond acceptors (Lipinski definition) is 3. The predicted molar refractivity (Wildman–Crippen MR) is 88.4 cm³/mol. The molecular formula is C18H19FN2O2. The van der Waals surface area contributed by atoms with Crippen LogP contribution >= 0.6 is 0 Å². The number of hydrogen-bond donors (Lipinski definition) is 1. The highest BCUT2D eigenvalue weighted by Gasteiger charge is 2.16. The Balaban J connectivity index is 1.61. The van der Waals surface area contributed by atoms with E-state index < -0.39 is 0 Å². The van der Waals surface area contributed by atoms with Gasteiger partial charge in [-0.2, -0.15) is 0 Å². The average Bonchev–Trinajstić information content (AvgIpc) is 3.08. The first-order valence-electron chi connectivity index (χ1n) is 7.74. The molecule has 1 heterocycles. The fourth-order valence-electron chi connectivity index (χ4n) is 2.71. The molecule has 1 fully saturated rings. The second kappa shape index (κ2) is 7.13. The average molecular weight is 314 g/mol. The summed E-state index contributed by atoms with van der Waals surface area (Å²) < 4.78 is 18.4. The number of ether oxygens (including phenoxy) is 1. The number of carbonyl (C=O) groups is 1. The van der Waals surface area contributed by atoms with E-state index in [0.717, 1.165) is 24.5 Å². The third-order valence-corrected chi connectivity index (χ3v) is 3.79. The van der Waals surface area contributed by atoms with E-state index in [1.54, 1.807) is 12.1 Å². The zero-order valence-corrected chi connectivity index (χ0v) is 12.8. The first kappa shape index (κ1) is 15.3. The lowest BCUT2D eigenvalue weighted by atomic mass is 10.2. The van der Waals surface area contributed by atoms with Crippen LogP contribution in [0.3, 0.4) is 0 Å². The first-order valence-corrected chi connectivity index (χ1v) is 7.74. The fraction of sp³-hybridized carbons (Fsp3) is 0.278. The highest BCUT2D eigenvalue weighted by atomic mass is 19.1. The summed E-state index contributed by atoms with van der Waals surface area (Å²) in [4.78, 5) is 14.4. The van der Waals surface area contributed by atoms with Crippen molar-refractivity contribution in [2.45, 2.75) is 12.8 Å². The topological polar surface area (TPSA) is 41.6 Å². The van der Waals surface area contributed by atoms with Gasteiger partial charge < -0.3 is 15.0 Å². The lowest BCUT2D eigenvalue weighted by Crippen LogP contribution is -2.24. The quantitative estimate of drug-likeness (QED) is 0.919. The highest BCUT2D eigenvalue weighted by Crippen LogP contribution is 2.28. The van der Waals surface area contributed by atoms with Gasteiger partial charge in [0.1, 0.15) is 11.6 Å². The minimum atomic E-state index is -0.387. The van der Waals surface area contributed by atoms with Crippen molar-refractivity contribution in [2.24, 2.45) is 0 Å². The Bertz CT molecular complexity index is 684. The number of halogens is 1. The van der Waals surface area contributed by atoms with Crippen molar-refractivity contribution in [3.63, 3.8) is 0 Å². The Morgan fingerprint density at radius 1 is 1.13 bits per heavy atom. The Labute approximate surface area is 134 Å². The van der Waals surface area contributed by atoms with Gasteiger partial charge in [-0.1, -0.05) is 18.2 Å². The standard InChI is InChI=1S/C18H19FN2O2/c19-14-6-5-7-15(12-14)23-13-18(22)20-16-8-1-2-9-17(16)21-10-3-4-11-21/h1-2,5-9,12H,3-4,10-11,13H2,(H,20,22). The molecule has 0 aromatic heterocycles. The SMILES string of the molecule is O=C(COc1cccc(F)c1)Nc1ccccc1N1CCCC1. The van der Waals surface area contributed by atoms with Gasteiger partial charge in [-0.3, -0.25) is 4.79 Å². The zero-order valence-electron chi connectivity index (χ0n) is 12.8. The van der Waals surface area contributed by atoms with Crippen molar-refractivity contribution in [3.8, 4) is 5.75 Å². The minimum Gasteiger partial charge on any atom is -0.484 e. The maximum Gasteiger partial charge on any atom is 0.262 e. The van der Waals surface area contributed by atoms with Crippen LogP contribution < -0.4 is 15.0 Å². The Kier molecular flexibility index (Phi) is 4.76. The monoisotopic (exact) mass is 314 g/mol. The lowest BCUT2D eigenvalue weighted by molar-refractivity contribution is -0.118. The molecule has 23 heavy (non-hydrogen) atoms. The molecule has 0 saturated carbocycles. The molecule has 5 heteroatoms. The predicted octanol–water partition coefficient (Wildman–Crippen LogP) is 3.44. The second-order valence-electron chi connectivity index (χ2n) is 5.51. The van der Waals surface area contributed by atoms with Gasteiger partial charge in [0, 0.05) is 19.2 Å². The van der Waals surface area contributed by atoms with Crippen molar-refractivity contribution in [3.05, 3.63) is 54.3 Å². The van der Waals surface area contributed by atoms with Crippen molar-refractivity contribution in [1.29, 1.82) is 0 Å². The number of nitrogens with zero attached hydrogens (tertiary/aromatic N) is 1. The highest BCUT2D eigenvalue weighted by molar-refractivity contribution is 5.95. The van der Waals surface area contributed by atoms with Crippen LogP contribution in [-0.4, -0.2) is 25.6 Å².